The van der Waals surface area contributed by atoms with Crippen LogP contribution in [0.25, 0.3) is 0 Å². The van der Waals surface area contributed by atoms with Gasteiger partial charge in [0.15, 0.2) is 0 Å². The number of halogens is 1. The number of sulfonamides is 1. The van der Waals surface area contributed by atoms with Crippen LogP contribution in [-0.2, 0) is 26.0 Å². The Labute approximate surface area is 216 Å². The van der Waals surface area contributed by atoms with Crippen LogP contribution in [0.1, 0.15) is 43.7 Å². The summed E-state index contributed by atoms with van der Waals surface area (Å²) in [5.41, 5.74) is 2.19. The Morgan fingerprint density at radius 1 is 1.08 bits per heavy atom. The Hall–Kier alpha value is -3.04. The lowest BCUT2D eigenvalue weighted by Gasteiger charge is -2.48. The first kappa shape index (κ1) is 24.6. The second kappa shape index (κ2) is 9.12. The SMILES string of the molecule is COc1ccc(Cl)cc1S(=O)(=O)N1CCC(=O)N2C1=CN(C(C)C)C(=O)C2C1CCc2ccccc21. The van der Waals surface area contributed by atoms with Crippen molar-refractivity contribution in [2.45, 2.75) is 56.0 Å². The van der Waals surface area contributed by atoms with Gasteiger partial charge in [-0.15, -0.1) is 0 Å². The number of aryl methyl sites for hydroxylation is 1. The normalized spacial score (nSPS) is 22.0. The van der Waals surface area contributed by atoms with E-state index in [1.165, 1.54) is 34.6 Å². The van der Waals surface area contributed by atoms with Gasteiger partial charge >= 0.3 is 0 Å². The molecule has 190 valence electrons. The van der Waals surface area contributed by atoms with Crippen molar-refractivity contribution >= 4 is 33.4 Å². The number of amides is 2. The van der Waals surface area contributed by atoms with Crippen LogP contribution in [0.4, 0.5) is 0 Å². The highest BCUT2D eigenvalue weighted by atomic mass is 35.5. The van der Waals surface area contributed by atoms with E-state index in [0.29, 0.717) is 6.42 Å². The third-order valence-corrected chi connectivity index (χ3v) is 9.21. The first-order chi connectivity index (χ1) is 17.1. The lowest BCUT2D eigenvalue weighted by Crippen LogP contribution is -2.62. The van der Waals surface area contributed by atoms with Crippen molar-refractivity contribution in [1.29, 1.82) is 0 Å². The van der Waals surface area contributed by atoms with E-state index in [0.717, 1.165) is 17.5 Å². The average molecular weight is 530 g/mol. The van der Waals surface area contributed by atoms with E-state index >= 15 is 0 Å². The van der Waals surface area contributed by atoms with Crippen LogP contribution in [-0.4, -0.2) is 60.1 Å². The minimum atomic E-state index is -4.17. The van der Waals surface area contributed by atoms with Crippen molar-refractivity contribution in [2.24, 2.45) is 0 Å². The first-order valence-corrected chi connectivity index (χ1v) is 13.8. The fourth-order valence-corrected chi connectivity index (χ4v) is 7.31. The number of methoxy groups -OCH3 is 1. The number of ether oxygens (including phenoxy) is 1. The van der Waals surface area contributed by atoms with Gasteiger partial charge in [-0.3, -0.25) is 14.5 Å². The summed E-state index contributed by atoms with van der Waals surface area (Å²) in [6, 6.07) is 11.3. The summed E-state index contributed by atoms with van der Waals surface area (Å²) in [5, 5.41) is 0.247. The lowest BCUT2D eigenvalue weighted by molar-refractivity contribution is -0.149. The van der Waals surface area contributed by atoms with Crippen LogP contribution in [0.15, 0.2) is 59.4 Å². The topological polar surface area (TPSA) is 87.2 Å². The summed E-state index contributed by atoms with van der Waals surface area (Å²) in [6.07, 6.45) is 2.96. The molecule has 2 unspecified atom stereocenters. The number of carbonyl (C=O) groups is 2. The summed E-state index contributed by atoms with van der Waals surface area (Å²) in [6.45, 7) is 3.69. The molecule has 1 saturated heterocycles. The van der Waals surface area contributed by atoms with Crippen molar-refractivity contribution < 1.29 is 22.7 Å². The van der Waals surface area contributed by atoms with Gasteiger partial charge in [0.2, 0.25) is 5.91 Å². The van der Waals surface area contributed by atoms with Gasteiger partial charge in [0.05, 0.1) is 7.11 Å². The number of nitrogens with zero attached hydrogens (tertiary/aromatic N) is 3. The molecule has 2 heterocycles. The van der Waals surface area contributed by atoms with Crippen LogP contribution in [0.3, 0.4) is 0 Å². The second-order valence-corrected chi connectivity index (χ2v) is 11.8. The summed E-state index contributed by atoms with van der Waals surface area (Å²) in [5.74, 6) is -0.375. The van der Waals surface area contributed by atoms with E-state index in [1.54, 1.807) is 11.0 Å². The Morgan fingerprint density at radius 2 is 1.83 bits per heavy atom. The summed E-state index contributed by atoms with van der Waals surface area (Å²) >= 11 is 6.15. The number of hydrogen-bond acceptors (Lipinski definition) is 5. The van der Waals surface area contributed by atoms with E-state index in [-0.39, 0.29) is 58.2 Å². The van der Waals surface area contributed by atoms with E-state index in [4.69, 9.17) is 16.3 Å². The number of fused-ring (bicyclic) bond motifs is 2. The third kappa shape index (κ3) is 3.85. The van der Waals surface area contributed by atoms with E-state index < -0.39 is 16.1 Å². The van der Waals surface area contributed by atoms with Crippen molar-refractivity contribution in [2.75, 3.05) is 13.7 Å². The molecule has 3 aliphatic rings. The molecule has 36 heavy (non-hydrogen) atoms. The minimum Gasteiger partial charge on any atom is -0.495 e. The Balaban J connectivity index is 1.65. The largest absolute Gasteiger partial charge is 0.495 e. The van der Waals surface area contributed by atoms with Gasteiger partial charge in [-0.05, 0) is 56.0 Å². The van der Waals surface area contributed by atoms with Crippen molar-refractivity contribution in [3.05, 3.63) is 70.6 Å². The van der Waals surface area contributed by atoms with Crippen LogP contribution in [0, 0.1) is 0 Å². The molecular formula is C26H28ClN3O5S. The van der Waals surface area contributed by atoms with Gasteiger partial charge in [0.1, 0.15) is 22.5 Å². The molecular weight excluding hydrogens is 502 g/mol. The fourth-order valence-electron chi connectivity index (χ4n) is 5.44. The van der Waals surface area contributed by atoms with Gasteiger partial charge < -0.3 is 9.64 Å². The highest BCUT2D eigenvalue weighted by Gasteiger charge is 2.51. The lowest BCUT2D eigenvalue weighted by atomic mass is 9.89. The Kier molecular flexibility index (Phi) is 6.24. The molecule has 8 nitrogen and oxygen atoms in total. The predicted octanol–water partition coefficient (Wildman–Crippen LogP) is 3.72. The van der Waals surface area contributed by atoms with Crippen molar-refractivity contribution in [1.82, 2.24) is 14.1 Å². The molecule has 0 bridgehead atoms. The molecule has 0 aromatic heterocycles. The highest BCUT2D eigenvalue weighted by Crippen LogP contribution is 2.43. The molecule has 2 atom stereocenters. The van der Waals surface area contributed by atoms with Gasteiger partial charge in [-0.25, -0.2) is 12.7 Å². The van der Waals surface area contributed by atoms with Crippen LogP contribution in [0.5, 0.6) is 5.75 Å². The molecule has 2 aromatic rings. The van der Waals surface area contributed by atoms with Crippen LogP contribution < -0.4 is 4.74 Å². The molecule has 1 fully saturated rings. The number of carbonyl (C=O) groups excluding carboxylic acids is 2. The maximum absolute atomic E-state index is 14.0. The molecule has 2 aromatic carbocycles. The molecule has 0 radical (unpaired) electrons. The fraction of sp³-hybridized carbons (Fsp3) is 0.385. The summed E-state index contributed by atoms with van der Waals surface area (Å²) < 4.78 is 34.5. The van der Waals surface area contributed by atoms with Gasteiger partial charge in [0, 0.05) is 36.1 Å². The summed E-state index contributed by atoms with van der Waals surface area (Å²) in [4.78, 5) is 30.0. The molecule has 1 aliphatic carbocycles. The van der Waals surface area contributed by atoms with Crippen molar-refractivity contribution in [3.63, 3.8) is 0 Å². The molecule has 10 heteroatoms. The van der Waals surface area contributed by atoms with E-state index in [2.05, 4.69) is 0 Å². The van der Waals surface area contributed by atoms with Gasteiger partial charge in [-0.2, -0.15) is 0 Å². The summed E-state index contributed by atoms with van der Waals surface area (Å²) in [7, 11) is -2.78. The zero-order valence-electron chi connectivity index (χ0n) is 20.3. The molecule has 5 rings (SSSR count). The van der Waals surface area contributed by atoms with E-state index in [1.807, 2.05) is 38.1 Å². The third-order valence-electron chi connectivity index (χ3n) is 7.15. The quantitative estimate of drug-likeness (QED) is 0.589. The molecule has 0 spiro atoms. The number of hydrogen-bond donors (Lipinski definition) is 0. The van der Waals surface area contributed by atoms with Crippen molar-refractivity contribution in [3.8, 4) is 5.75 Å². The Bertz CT molecular complexity index is 1370. The first-order valence-electron chi connectivity index (χ1n) is 11.9. The molecule has 2 aliphatic heterocycles. The van der Waals surface area contributed by atoms with Crippen LogP contribution >= 0.6 is 11.6 Å². The molecule has 2 amide bonds. The van der Waals surface area contributed by atoms with E-state index in [9.17, 15) is 18.0 Å². The second-order valence-electron chi connectivity index (χ2n) is 9.50. The maximum atomic E-state index is 14.0. The highest BCUT2D eigenvalue weighted by molar-refractivity contribution is 7.89. The zero-order valence-corrected chi connectivity index (χ0v) is 21.9. The standard InChI is InChI=1S/C26H28ClN3O5S/c1-16(2)28-15-23-29(36(33,34)22-14-18(27)9-11-21(22)35-3)13-12-24(31)30(23)25(26(28)32)20-10-8-17-6-4-5-7-19(17)20/h4-7,9,11,14-16,20,25H,8,10,12-13H2,1-3H3. The predicted molar refractivity (Wildman–Crippen MR) is 135 cm³/mol. The average Bonchev–Trinajstić information content (AvgIpc) is 3.27. The van der Waals surface area contributed by atoms with Crippen LogP contribution in [0.2, 0.25) is 5.02 Å². The van der Waals surface area contributed by atoms with Gasteiger partial charge in [-0.1, -0.05) is 35.9 Å². The number of benzene rings is 2. The minimum absolute atomic E-state index is 0.0424. The zero-order chi connectivity index (χ0) is 25.8. The smallest absolute Gasteiger partial charge is 0.269 e. The van der Waals surface area contributed by atoms with Gasteiger partial charge in [0.25, 0.3) is 15.9 Å². The molecule has 0 N–H and O–H groups in total. The Morgan fingerprint density at radius 3 is 2.56 bits per heavy atom. The molecule has 0 saturated carbocycles. The monoisotopic (exact) mass is 529 g/mol. The number of rotatable bonds is 5. The maximum Gasteiger partial charge on any atom is 0.269 e.